The molecule has 0 saturated carbocycles. The number of nitrogens with one attached hydrogen (secondary N) is 1. The number of aromatic nitrogens is 2. The summed E-state index contributed by atoms with van der Waals surface area (Å²) < 4.78 is 5.02. The van der Waals surface area contributed by atoms with Crippen LogP contribution >= 0.6 is 23.2 Å². The van der Waals surface area contributed by atoms with Crippen molar-refractivity contribution >= 4 is 34.8 Å². The van der Waals surface area contributed by atoms with E-state index >= 15 is 0 Å². The van der Waals surface area contributed by atoms with Gasteiger partial charge in [0.25, 0.3) is 5.91 Å². The number of methoxy groups -OCH3 is 1. The van der Waals surface area contributed by atoms with Crippen LogP contribution in [0.3, 0.4) is 0 Å². The molecule has 19 heavy (non-hydrogen) atoms. The summed E-state index contributed by atoms with van der Waals surface area (Å²) in [7, 11) is 1.52. The van der Waals surface area contributed by atoms with Gasteiger partial charge in [-0.05, 0) is 18.2 Å². The van der Waals surface area contributed by atoms with Crippen LogP contribution in [0.5, 0.6) is 5.75 Å². The smallest absolute Gasteiger partial charge is 0.275 e. The van der Waals surface area contributed by atoms with Crippen LogP contribution in [0.2, 0.25) is 10.2 Å². The average molecular weight is 298 g/mol. The van der Waals surface area contributed by atoms with Crippen molar-refractivity contribution in [3.05, 3.63) is 46.5 Å². The molecule has 1 N–H and O–H groups in total. The molecule has 0 spiro atoms. The molecule has 0 radical (unpaired) electrons. The lowest BCUT2D eigenvalue weighted by Crippen LogP contribution is -2.13. The molecule has 0 aliphatic rings. The first kappa shape index (κ1) is 13.6. The van der Waals surface area contributed by atoms with E-state index in [4.69, 9.17) is 27.9 Å². The number of rotatable bonds is 3. The van der Waals surface area contributed by atoms with E-state index in [-0.39, 0.29) is 10.8 Å². The molecule has 0 bridgehead atoms. The maximum Gasteiger partial charge on any atom is 0.275 e. The maximum atomic E-state index is 11.9. The van der Waals surface area contributed by atoms with Crippen LogP contribution in [-0.4, -0.2) is 23.0 Å². The number of carbonyl (C=O) groups is 1. The van der Waals surface area contributed by atoms with Crippen molar-refractivity contribution in [3.8, 4) is 5.75 Å². The lowest BCUT2D eigenvalue weighted by atomic mass is 10.3. The predicted molar refractivity (Wildman–Crippen MR) is 73.0 cm³/mol. The van der Waals surface area contributed by atoms with Gasteiger partial charge in [-0.3, -0.25) is 4.79 Å². The zero-order valence-electron chi connectivity index (χ0n) is 9.85. The van der Waals surface area contributed by atoms with Crippen molar-refractivity contribution in [2.24, 2.45) is 0 Å². The molecular weight excluding hydrogens is 289 g/mol. The lowest BCUT2D eigenvalue weighted by molar-refractivity contribution is 0.102. The highest BCUT2D eigenvalue weighted by Gasteiger charge is 2.09. The summed E-state index contributed by atoms with van der Waals surface area (Å²) in [5.74, 6) is 0.136. The normalized spacial score (nSPS) is 10.1. The third-order valence-corrected chi connectivity index (χ3v) is 2.75. The molecule has 1 heterocycles. The standard InChI is InChI=1S/C12H9Cl2N3O2/c1-19-10-3-2-7(4-8(10)13)17-12(18)9-5-16-11(14)6-15-9/h2-6H,1H3,(H,17,18). The average Bonchev–Trinajstić information content (AvgIpc) is 2.39. The SMILES string of the molecule is COc1ccc(NC(=O)c2cnc(Cl)cn2)cc1Cl. The molecule has 2 rings (SSSR count). The van der Waals surface area contributed by atoms with Gasteiger partial charge < -0.3 is 10.1 Å². The molecule has 0 aliphatic heterocycles. The first-order chi connectivity index (χ1) is 9.10. The van der Waals surface area contributed by atoms with Crippen LogP contribution < -0.4 is 10.1 Å². The van der Waals surface area contributed by atoms with Gasteiger partial charge in [0, 0.05) is 5.69 Å². The summed E-state index contributed by atoms with van der Waals surface area (Å²) in [6, 6.07) is 4.92. The lowest BCUT2D eigenvalue weighted by Gasteiger charge is -2.07. The molecule has 1 aromatic carbocycles. The van der Waals surface area contributed by atoms with E-state index in [1.54, 1.807) is 18.2 Å². The van der Waals surface area contributed by atoms with Gasteiger partial charge in [-0.25, -0.2) is 9.97 Å². The minimum atomic E-state index is -0.398. The summed E-state index contributed by atoms with van der Waals surface area (Å²) >= 11 is 11.6. The van der Waals surface area contributed by atoms with Gasteiger partial charge in [0.1, 0.15) is 16.6 Å². The van der Waals surface area contributed by atoms with Gasteiger partial charge >= 0.3 is 0 Å². The Kier molecular flexibility index (Phi) is 4.19. The molecule has 7 heteroatoms. The number of hydrogen-bond donors (Lipinski definition) is 1. The summed E-state index contributed by atoms with van der Waals surface area (Å²) in [5.41, 5.74) is 0.698. The van der Waals surface area contributed by atoms with E-state index in [0.717, 1.165) is 0 Å². The molecule has 0 unspecified atom stereocenters. The predicted octanol–water partition coefficient (Wildman–Crippen LogP) is 3.04. The van der Waals surface area contributed by atoms with Crippen molar-refractivity contribution in [3.63, 3.8) is 0 Å². The van der Waals surface area contributed by atoms with E-state index in [1.807, 2.05) is 0 Å². The molecule has 5 nitrogen and oxygen atoms in total. The highest BCUT2D eigenvalue weighted by Crippen LogP contribution is 2.27. The Morgan fingerprint density at radius 3 is 2.63 bits per heavy atom. The fourth-order valence-corrected chi connectivity index (χ4v) is 1.72. The molecule has 0 aliphatic carbocycles. The molecule has 1 amide bonds. The Morgan fingerprint density at radius 1 is 1.26 bits per heavy atom. The first-order valence-electron chi connectivity index (χ1n) is 5.22. The van der Waals surface area contributed by atoms with Gasteiger partial charge in [-0.1, -0.05) is 23.2 Å². The summed E-state index contributed by atoms with van der Waals surface area (Å²) in [6.45, 7) is 0. The number of halogens is 2. The van der Waals surface area contributed by atoms with Gasteiger partial charge in [0.2, 0.25) is 0 Å². The Hall–Kier alpha value is -1.85. The van der Waals surface area contributed by atoms with Crippen molar-refractivity contribution in [1.82, 2.24) is 9.97 Å². The third-order valence-electron chi connectivity index (χ3n) is 2.26. The third kappa shape index (κ3) is 3.33. The minimum Gasteiger partial charge on any atom is -0.495 e. The molecule has 2 aromatic rings. The van der Waals surface area contributed by atoms with Crippen LogP contribution in [0.15, 0.2) is 30.6 Å². The Labute approximate surface area is 119 Å². The zero-order valence-corrected chi connectivity index (χ0v) is 11.4. The number of nitrogens with zero attached hydrogens (tertiary/aromatic N) is 2. The van der Waals surface area contributed by atoms with Crippen LogP contribution in [-0.2, 0) is 0 Å². The van der Waals surface area contributed by atoms with E-state index < -0.39 is 5.91 Å². The number of anilines is 1. The number of amides is 1. The number of carbonyl (C=O) groups excluding carboxylic acids is 1. The van der Waals surface area contributed by atoms with Crippen molar-refractivity contribution in [2.45, 2.75) is 0 Å². The second kappa shape index (κ2) is 5.86. The van der Waals surface area contributed by atoms with Crippen LogP contribution in [0.4, 0.5) is 5.69 Å². The highest BCUT2D eigenvalue weighted by atomic mass is 35.5. The van der Waals surface area contributed by atoms with Crippen LogP contribution in [0.1, 0.15) is 10.5 Å². The summed E-state index contributed by atoms with van der Waals surface area (Å²) in [6.07, 6.45) is 2.60. The van der Waals surface area contributed by atoms with Crippen LogP contribution in [0.25, 0.3) is 0 Å². The largest absolute Gasteiger partial charge is 0.495 e. The van der Waals surface area contributed by atoms with Crippen molar-refractivity contribution in [2.75, 3.05) is 12.4 Å². The van der Waals surface area contributed by atoms with E-state index in [9.17, 15) is 4.79 Å². The molecular formula is C12H9Cl2N3O2. The van der Waals surface area contributed by atoms with Gasteiger partial charge in [0.05, 0.1) is 24.5 Å². The molecule has 1 aromatic heterocycles. The quantitative estimate of drug-likeness (QED) is 0.946. The topological polar surface area (TPSA) is 64.1 Å². The molecule has 0 fully saturated rings. The van der Waals surface area contributed by atoms with E-state index in [1.165, 1.54) is 19.5 Å². The van der Waals surface area contributed by atoms with Gasteiger partial charge in [-0.15, -0.1) is 0 Å². The monoisotopic (exact) mass is 297 g/mol. The minimum absolute atomic E-state index is 0.163. The second-order valence-electron chi connectivity index (χ2n) is 3.53. The Balaban J connectivity index is 2.14. The fraction of sp³-hybridized carbons (Fsp3) is 0.0833. The first-order valence-corrected chi connectivity index (χ1v) is 5.98. The van der Waals surface area contributed by atoms with Crippen molar-refractivity contribution in [1.29, 1.82) is 0 Å². The van der Waals surface area contributed by atoms with Crippen LogP contribution in [0, 0.1) is 0 Å². The molecule has 98 valence electrons. The second-order valence-corrected chi connectivity index (χ2v) is 4.32. The van der Waals surface area contributed by atoms with Gasteiger partial charge in [-0.2, -0.15) is 0 Å². The van der Waals surface area contributed by atoms with E-state index in [2.05, 4.69) is 15.3 Å². The molecule has 0 atom stereocenters. The Morgan fingerprint density at radius 2 is 2.05 bits per heavy atom. The Bertz CT molecular complexity index is 602. The van der Waals surface area contributed by atoms with E-state index in [0.29, 0.717) is 16.5 Å². The van der Waals surface area contributed by atoms with Crippen molar-refractivity contribution < 1.29 is 9.53 Å². The number of benzene rings is 1. The maximum absolute atomic E-state index is 11.9. The number of hydrogen-bond acceptors (Lipinski definition) is 4. The summed E-state index contributed by atoms with van der Waals surface area (Å²) in [4.78, 5) is 19.5. The van der Waals surface area contributed by atoms with Gasteiger partial charge in [0.15, 0.2) is 0 Å². The fourth-order valence-electron chi connectivity index (χ4n) is 1.37. The molecule has 0 saturated heterocycles. The summed E-state index contributed by atoms with van der Waals surface area (Å²) in [5, 5.41) is 3.28. The highest BCUT2D eigenvalue weighted by molar-refractivity contribution is 6.32. The zero-order chi connectivity index (χ0) is 13.8. The number of ether oxygens (including phenoxy) is 1.